The highest BCUT2D eigenvalue weighted by molar-refractivity contribution is 5.96. The van der Waals surface area contributed by atoms with Crippen LogP contribution in [-0.4, -0.2) is 44.4 Å². The van der Waals surface area contributed by atoms with E-state index in [1.807, 2.05) is 0 Å². The van der Waals surface area contributed by atoms with E-state index in [1.54, 1.807) is 24.3 Å². The van der Waals surface area contributed by atoms with Crippen molar-refractivity contribution >= 4 is 23.5 Å². The van der Waals surface area contributed by atoms with Crippen LogP contribution in [0.1, 0.15) is 36.9 Å². The monoisotopic (exact) mass is 354 g/mol. The third-order valence-corrected chi connectivity index (χ3v) is 3.67. The summed E-state index contributed by atoms with van der Waals surface area (Å²) in [5, 5.41) is 11.9. The zero-order valence-corrected chi connectivity index (χ0v) is 13.7. The highest BCUT2D eigenvalue weighted by Gasteiger charge is 2.16. The number of amides is 1. The Kier molecular flexibility index (Phi) is 4.61. The minimum Gasteiger partial charge on any atom is -0.477 e. The van der Waals surface area contributed by atoms with Crippen LogP contribution in [0.2, 0.25) is 0 Å². The number of ether oxygens (including phenoxy) is 1. The SMILES string of the molecule is COC(=O)c1ccc(CNC(=O)c2cc(C(=O)O)n3cncc3n2)cc1. The first-order valence-electron chi connectivity index (χ1n) is 7.51. The number of rotatable bonds is 5. The number of aromatic carboxylic acids is 1. The number of hydrogen-bond acceptors (Lipinski definition) is 6. The minimum atomic E-state index is -1.19. The molecule has 0 fully saturated rings. The van der Waals surface area contributed by atoms with E-state index in [4.69, 9.17) is 0 Å². The van der Waals surface area contributed by atoms with Gasteiger partial charge in [-0.25, -0.2) is 19.6 Å². The standard InChI is InChI=1S/C17H14N4O5/c1-26-17(25)11-4-2-10(3-5-11)7-19-15(22)12-6-13(16(23)24)21-9-18-8-14(21)20-12/h2-6,8-9H,7H2,1H3,(H,19,22)(H,23,24). The van der Waals surface area contributed by atoms with E-state index < -0.39 is 17.8 Å². The summed E-state index contributed by atoms with van der Waals surface area (Å²) in [5.41, 5.74) is 1.29. The Morgan fingerprint density at radius 2 is 1.96 bits per heavy atom. The minimum absolute atomic E-state index is 0.0263. The zero-order chi connectivity index (χ0) is 18.7. The highest BCUT2D eigenvalue weighted by atomic mass is 16.5. The third-order valence-electron chi connectivity index (χ3n) is 3.67. The summed E-state index contributed by atoms with van der Waals surface area (Å²) < 4.78 is 5.90. The Hall–Kier alpha value is -3.75. The lowest BCUT2D eigenvalue weighted by atomic mass is 10.1. The second-order valence-electron chi connectivity index (χ2n) is 5.32. The topological polar surface area (TPSA) is 123 Å². The molecule has 132 valence electrons. The number of esters is 1. The van der Waals surface area contributed by atoms with E-state index in [0.29, 0.717) is 5.56 Å². The Bertz CT molecular complexity index is 994. The van der Waals surface area contributed by atoms with Gasteiger partial charge in [0.15, 0.2) is 5.65 Å². The molecule has 3 rings (SSSR count). The van der Waals surface area contributed by atoms with Gasteiger partial charge >= 0.3 is 11.9 Å². The number of methoxy groups -OCH3 is 1. The van der Waals surface area contributed by atoms with E-state index in [1.165, 1.54) is 30.1 Å². The molecule has 2 heterocycles. The van der Waals surface area contributed by atoms with Crippen molar-refractivity contribution in [3.8, 4) is 0 Å². The molecule has 26 heavy (non-hydrogen) atoms. The molecule has 0 atom stereocenters. The van der Waals surface area contributed by atoms with Crippen molar-refractivity contribution in [3.05, 3.63) is 65.4 Å². The maximum atomic E-state index is 12.3. The maximum Gasteiger partial charge on any atom is 0.353 e. The fraction of sp³-hybridized carbons (Fsp3) is 0.118. The molecule has 2 aromatic heterocycles. The second-order valence-corrected chi connectivity index (χ2v) is 5.32. The number of hydrogen-bond donors (Lipinski definition) is 2. The molecule has 1 aromatic carbocycles. The largest absolute Gasteiger partial charge is 0.477 e. The first-order valence-corrected chi connectivity index (χ1v) is 7.51. The number of carbonyl (C=O) groups is 3. The molecule has 0 radical (unpaired) electrons. The molecule has 1 amide bonds. The normalized spacial score (nSPS) is 10.5. The number of carbonyl (C=O) groups excluding carboxylic acids is 2. The van der Waals surface area contributed by atoms with Crippen LogP contribution >= 0.6 is 0 Å². The molecular formula is C17H14N4O5. The number of imidazole rings is 1. The molecule has 0 aliphatic heterocycles. The van der Waals surface area contributed by atoms with Crippen LogP contribution in [-0.2, 0) is 11.3 Å². The van der Waals surface area contributed by atoms with E-state index >= 15 is 0 Å². The first-order chi connectivity index (χ1) is 12.5. The lowest BCUT2D eigenvalue weighted by Gasteiger charge is -2.07. The molecule has 0 saturated heterocycles. The molecule has 0 saturated carbocycles. The molecule has 3 aromatic rings. The van der Waals surface area contributed by atoms with E-state index in [9.17, 15) is 19.5 Å². The van der Waals surface area contributed by atoms with Gasteiger partial charge < -0.3 is 15.2 Å². The third kappa shape index (κ3) is 3.36. The van der Waals surface area contributed by atoms with Gasteiger partial charge in [-0.1, -0.05) is 12.1 Å². The van der Waals surface area contributed by atoms with Crippen LogP contribution in [0.25, 0.3) is 5.65 Å². The summed E-state index contributed by atoms with van der Waals surface area (Å²) in [5.74, 6) is -2.16. The molecule has 0 unspecified atom stereocenters. The summed E-state index contributed by atoms with van der Waals surface area (Å²) in [6, 6.07) is 7.73. The Morgan fingerprint density at radius 1 is 1.23 bits per heavy atom. The number of aromatic nitrogens is 3. The number of nitrogens with zero attached hydrogens (tertiary/aromatic N) is 3. The Balaban J connectivity index is 1.75. The highest BCUT2D eigenvalue weighted by Crippen LogP contribution is 2.09. The predicted molar refractivity (Wildman–Crippen MR) is 88.9 cm³/mol. The summed E-state index contributed by atoms with van der Waals surface area (Å²) in [6.07, 6.45) is 2.69. The summed E-state index contributed by atoms with van der Waals surface area (Å²) in [7, 11) is 1.30. The lowest BCUT2D eigenvalue weighted by Crippen LogP contribution is -2.25. The fourth-order valence-corrected chi connectivity index (χ4v) is 2.34. The number of carboxylic acid groups (broad SMARTS) is 1. The number of nitrogens with one attached hydrogen (secondary N) is 1. The van der Waals surface area contributed by atoms with Crippen molar-refractivity contribution in [2.24, 2.45) is 0 Å². The molecule has 0 aliphatic rings. The van der Waals surface area contributed by atoms with Crippen molar-refractivity contribution in [1.82, 2.24) is 19.7 Å². The molecule has 0 aliphatic carbocycles. The van der Waals surface area contributed by atoms with Crippen LogP contribution in [0.3, 0.4) is 0 Å². The van der Waals surface area contributed by atoms with Crippen LogP contribution in [0.15, 0.2) is 42.9 Å². The smallest absolute Gasteiger partial charge is 0.353 e. The average molecular weight is 354 g/mol. The predicted octanol–water partition coefficient (Wildman–Crippen LogP) is 1.14. The van der Waals surface area contributed by atoms with Crippen molar-refractivity contribution in [2.45, 2.75) is 6.54 Å². The number of fused-ring (bicyclic) bond motifs is 1. The summed E-state index contributed by atoms with van der Waals surface area (Å²) in [4.78, 5) is 43.0. The van der Waals surface area contributed by atoms with E-state index in [2.05, 4.69) is 20.0 Å². The van der Waals surface area contributed by atoms with Gasteiger partial charge in [0.25, 0.3) is 5.91 Å². The average Bonchev–Trinajstić information content (AvgIpc) is 3.13. The van der Waals surface area contributed by atoms with Gasteiger partial charge in [0.05, 0.1) is 18.9 Å². The zero-order valence-electron chi connectivity index (χ0n) is 13.7. The molecule has 0 spiro atoms. The van der Waals surface area contributed by atoms with Gasteiger partial charge in [-0.2, -0.15) is 0 Å². The van der Waals surface area contributed by atoms with Crippen LogP contribution in [0, 0.1) is 0 Å². The van der Waals surface area contributed by atoms with Gasteiger partial charge in [-0.05, 0) is 17.7 Å². The summed E-state index contributed by atoms with van der Waals surface area (Å²) >= 11 is 0. The summed E-state index contributed by atoms with van der Waals surface area (Å²) in [6.45, 7) is 0.189. The van der Waals surface area contributed by atoms with Gasteiger partial charge in [0, 0.05) is 12.6 Å². The first kappa shape index (κ1) is 17.1. The van der Waals surface area contributed by atoms with E-state index in [0.717, 1.165) is 5.56 Å². The van der Waals surface area contributed by atoms with Gasteiger partial charge in [-0.3, -0.25) is 9.20 Å². The van der Waals surface area contributed by atoms with Crippen molar-refractivity contribution < 1.29 is 24.2 Å². The van der Waals surface area contributed by atoms with Gasteiger partial charge in [-0.15, -0.1) is 0 Å². The molecular weight excluding hydrogens is 340 g/mol. The lowest BCUT2D eigenvalue weighted by molar-refractivity contribution is 0.0599. The number of carboxylic acids is 1. The van der Waals surface area contributed by atoms with Crippen molar-refractivity contribution in [3.63, 3.8) is 0 Å². The van der Waals surface area contributed by atoms with Gasteiger partial charge in [0.2, 0.25) is 0 Å². The molecule has 9 heteroatoms. The Morgan fingerprint density at radius 3 is 2.62 bits per heavy atom. The van der Waals surface area contributed by atoms with Crippen LogP contribution in [0.5, 0.6) is 0 Å². The quantitative estimate of drug-likeness (QED) is 0.659. The number of benzene rings is 1. The van der Waals surface area contributed by atoms with Crippen molar-refractivity contribution in [2.75, 3.05) is 7.11 Å². The van der Waals surface area contributed by atoms with Crippen LogP contribution < -0.4 is 5.32 Å². The fourth-order valence-electron chi connectivity index (χ4n) is 2.34. The second kappa shape index (κ2) is 7.01. The molecule has 9 nitrogen and oxygen atoms in total. The van der Waals surface area contributed by atoms with Gasteiger partial charge in [0.1, 0.15) is 17.7 Å². The van der Waals surface area contributed by atoms with Crippen molar-refractivity contribution in [1.29, 1.82) is 0 Å². The molecule has 2 N–H and O–H groups in total. The van der Waals surface area contributed by atoms with Crippen LogP contribution in [0.4, 0.5) is 0 Å². The van der Waals surface area contributed by atoms with E-state index in [-0.39, 0.29) is 23.6 Å². The Labute approximate surface area is 147 Å². The maximum absolute atomic E-state index is 12.3. The molecule has 0 bridgehead atoms.